The molecule has 0 aromatic carbocycles. The van der Waals surface area contributed by atoms with Gasteiger partial charge in [-0.2, -0.15) is 0 Å². The van der Waals surface area contributed by atoms with Crippen molar-refractivity contribution in [2.75, 3.05) is 26.8 Å². The lowest BCUT2D eigenvalue weighted by atomic mass is 10.1. The van der Waals surface area contributed by atoms with Gasteiger partial charge >= 0.3 is 0 Å². The monoisotopic (exact) mass is 267 g/mol. The van der Waals surface area contributed by atoms with Crippen LogP contribution in [0, 0.1) is 5.92 Å². The normalized spacial score (nSPS) is 19.2. The van der Waals surface area contributed by atoms with Gasteiger partial charge in [0.25, 0.3) is 5.91 Å². The number of Topliss-reactive ketones (excluding diaryl/α,β-unsaturated/α-hetero) is 1. The number of hydrogen-bond donors (Lipinski definition) is 0. The molecule has 0 radical (unpaired) electrons. The second-order valence-electron chi connectivity index (χ2n) is 4.58. The quantitative estimate of drug-likeness (QED) is 0.784. The molecule has 1 fully saturated rings. The first-order valence-corrected chi connectivity index (χ1v) is 6.82. The zero-order valence-electron chi connectivity index (χ0n) is 10.6. The minimum atomic E-state index is 0.0118. The fourth-order valence-electron chi connectivity index (χ4n) is 2.19. The topological polar surface area (TPSA) is 46.6 Å². The lowest BCUT2D eigenvalue weighted by Crippen LogP contribution is -2.28. The number of ether oxygens (including phenoxy) is 1. The maximum atomic E-state index is 12.2. The standard InChI is InChI=1S/C13H17NO3S/c1-9(15)11-3-4-12(18-11)13(16)14-6-5-10(7-14)8-17-2/h3-4,10H,5-8H2,1-2H3/t10-/m0/s1. The number of amides is 1. The number of thiophene rings is 1. The molecule has 2 heterocycles. The van der Waals surface area contributed by atoms with Crippen LogP contribution in [0.2, 0.25) is 0 Å². The average Bonchev–Trinajstić information content (AvgIpc) is 2.97. The fraction of sp³-hybridized carbons (Fsp3) is 0.538. The van der Waals surface area contributed by atoms with Gasteiger partial charge in [0.15, 0.2) is 5.78 Å². The van der Waals surface area contributed by atoms with Crippen molar-refractivity contribution in [1.82, 2.24) is 4.90 Å². The molecule has 1 saturated heterocycles. The highest BCUT2D eigenvalue weighted by Gasteiger charge is 2.27. The summed E-state index contributed by atoms with van der Waals surface area (Å²) in [5.41, 5.74) is 0. The van der Waals surface area contributed by atoms with E-state index in [4.69, 9.17) is 4.74 Å². The van der Waals surface area contributed by atoms with Crippen LogP contribution in [-0.2, 0) is 4.74 Å². The van der Waals surface area contributed by atoms with E-state index in [0.717, 1.165) is 19.5 Å². The third-order valence-electron chi connectivity index (χ3n) is 3.14. The highest BCUT2D eigenvalue weighted by molar-refractivity contribution is 7.15. The molecule has 0 spiro atoms. The Bertz CT molecular complexity index is 455. The van der Waals surface area contributed by atoms with Crippen LogP contribution in [0.1, 0.15) is 32.7 Å². The van der Waals surface area contributed by atoms with Crippen LogP contribution in [-0.4, -0.2) is 43.4 Å². The maximum Gasteiger partial charge on any atom is 0.263 e. The van der Waals surface area contributed by atoms with Gasteiger partial charge in [-0.05, 0) is 25.5 Å². The molecule has 2 rings (SSSR count). The number of hydrogen-bond acceptors (Lipinski definition) is 4. The summed E-state index contributed by atoms with van der Waals surface area (Å²) in [4.78, 5) is 26.6. The van der Waals surface area contributed by atoms with E-state index in [1.807, 2.05) is 4.90 Å². The number of methoxy groups -OCH3 is 1. The Labute approximate surface area is 111 Å². The molecule has 1 aliphatic heterocycles. The zero-order chi connectivity index (χ0) is 13.1. The SMILES string of the molecule is COC[C@H]1CCN(C(=O)c2ccc(C(C)=O)s2)C1. The minimum absolute atomic E-state index is 0.0118. The summed E-state index contributed by atoms with van der Waals surface area (Å²) in [6.45, 7) is 3.75. The van der Waals surface area contributed by atoms with Gasteiger partial charge in [-0.1, -0.05) is 0 Å². The Morgan fingerprint density at radius 2 is 2.17 bits per heavy atom. The van der Waals surface area contributed by atoms with Crippen LogP contribution in [0.5, 0.6) is 0 Å². The third-order valence-corrected chi connectivity index (χ3v) is 4.31. The molecule has 18 heavy (non-hydrogen) atoms. The highest BCUT2D eigenvalue weighted by Crippen LogP contribution is 2.23. The Morgan fingerprint density at radius 3 is 2.78 bits per heavy atom. The summed E-state index contributed by atoms with van der Waals surface area (Å²) < 4.78 is 5.12. The van der Waals surface area contributed by atoms with Gasteiger partial charge in [0.1, 0.15) is 0 Å². The van der Waals surface area contributed by atoms with Gasteiger partial charge < -0.3 is 9.64 Å². The highest BCUT2D eigenvalue weighted by atomic mass is 32.1. The minimum Gasteiger partial charge on any atom is -0.384 e. The van der Waals surface area contributed by atoms with Crippen LogP contribution in [0.15, 0.2) is 12.1 Å². The van der Waals surface area contributed by atoms with Gasteiger partial charge in [0.05, 0.1) is 16.4 Å². The first-order valence-electron chi connectivity index (χ1n) is 6.00. The van der Waals surface area contributed by atoms with Crippen molar-refractivity contribution in [2.24, 2.45) is 5.92 Å². The van der Waals surface area contributed by atoms with Gasteiger partial charge in [-0.15, -0.1) is 11.3 Å². The van der Waals surface area contributed by atoms with E-state index in [-0.39, 0.29) is 11.7 Å². The number of likely N-dealkylation sites (tertiary alicyclic amines) is 1. The number of ketones is 1. The summed E-state index contributed by atoms with van der Waals surface area (Å²) in [5.74, 6) is 0.482. The van der Waals surface area contributed by atoms with Gasteiger partial charge in [0.2, 0.25) is 0 Å². The average molecular weight is 267 g/mol. The molecule has 1 aromatic rings. The van der Waals surface area contributed by atoms with E-state index in [0.29, 0.717) is 22.3 Å². The molecule has 0 unspecified atom stereocenters. The van der Waals surface area contributed by atoms with Crippen LogP contribution in [0.4, 0.5) is 0 Å². The number of carbonyl (C=O) groups excluding carboxylic acids is 2. The summed E-state index contributed by atoms with van der Waals surface area (Å²) >= 11 is 1.28. The van der Waals surface area contributed by atoms with Crippen LogP contribution in [0.25, 0.3) is 0 Å². The fourth-order valence-corrected chi connectivity index (χ4v) is 3.06. The van der Waals surface area contributed by atoms with Crippen molar-refractivity contribution < 1.29 is 14.3 Å². The Morgan fingerprint density at radius 1 is 1.44 bits per heavy atom. The van der Waals surface area contributed by atoms with E-state index in [2.05, 4.69) is 0 Å². The first kappa shape index (κ1) is 13.2. The number of carbonyl (C=O) groups is 2. The summed E-state index contributed by atoms with van der Waals surface area (Å²) in [6.07, 6.45) is 0.991. The molecule has 1 amide bonds. The molecule has 0 saturated carbocycles. The van der Waals surface area contributed by atoms with E-state index >= 15 is 0 Å². The van der Waals surface area contributed by atoms with E-state index in [9.17, 15) is 9.59 Å². The molecule has 1 atom stereocenters. The molecular weight excluding hydrogens is 250 g/mol. The summed E-state index contributed by atoms with van der Waals surface area (Å²) in [7, 11) is 1.68. The summed E-state index contributed by atoms with van der Waals surface area (Å²) in [5, 5.41) is 0. The predicted octanol–water partition coefficient (Wildman–Crippen LogP) is 2.06. The van der Waals surface area contributed by atoms with Crippen LogP contribution < -0.4 is 0 Å². The van der Waals surface area contributed by atoms with Crippen LogP contribution >= 0.6 is 11.3 Å². The zero-order valence-corrected chi connectivity index (χ0v) is 11.5. The predicted molar refractivity (Wildman–Crippen MR) is 70.2 cm³/mol. The van der Waals surface area contributed by atoms with Crippen molar-refractivity contribution in [1.29, 1.82) is 0 Å². The molecule has 98 valence electrons. The smallest absolute Gasteiger partial charge is 0.263 e. The lowest BCUT2D eigenvalue weighted by molar-refractivity contribution is 0.0780. The van der Waals surface area contributed by atoms with E-state index in [1.165, 1.54) is 18.3 Å². The Balaban J connectivity index is 2.01. The molecule has 0 bridgehead atoms. The lowest BCUT2D eigenvalue weighted by Gasteiger charge is -2.15. The number of nitrogens with zero attached hydrogens (tertiary/aromatic N) is 1. The Kier molecular flexibility index (Phi) is 4.14. The number of rotatable bonds is 4. The van der Waals surface area contributed by atoms with Gasteiger partial charge in [0, 0.05) is 26.1 Å². The second kappa shape index (κ2) is 5.63. The Hall–Kier alpha value is -1.20. The summed E-state index contributed by atoms with van der Waals surface area (Å²) in [6, 6.07) is 3.47. The molecule has 1 aliphatic rings. The molecule has 0 N–H and O–H groups in total. The first-order chi connectivity index (χ1) is 8.61. The van der Waals surface area contributed by atoms with Crippen molar-refractivity contribution in [3.05, 3.63) is 21.9 Å². The van der Waals surface area contributed by atoms with Crippen LogP contribution in [0.3, 0.4) is 0 Å². The van der Waals surface area contributed by atoms with Crippen molar-refractivity contribution >= 4 is 23.0 Å². The van der Waals surface area contributed by atoms with E-state index in [1.54, 1.807) is 19.2 Å². The molecular formula is C13H17NO3S. The maximum absolute atomic E-state index is 12.2. The second-order valence-corrected chi connectivity index (χ2v) is 5.67. The largest absolute Gasteiger partial charge is 0.384 e. The molecule has 1 aromatic heterocycles. The van der Waals surface area contributed by atoms with E-state index < -0.39 is 0 Å². The third kappa shape index (κ3) is 2.79. The van der Waals surface area contributed by atoms with Crippen molar-refractivity contribution in [2.45, 2.75) is 13.3 Å². The molecule has 0 aliphatic carbocycles. The molecule has 5 heteroatoms. The molecule has 4 nitrogen and oxygen atoms in total. The van der Waals surface area contributed by atoms with Gasteiger partial charge in [-0.25, -0.2) is 0 Å². The van der Waals surface area contributed by atoms with Crippen molar-refractivity contribution in [3.63, 3.8) is 0 Å². The van der Waals surface area contributed by atoms with Crippen molar-refractivity contribution in [3.8, 4) is 0 Å². The van der Waals surface area contributed by atoms with Gasteiger partial charge in [-0.3, -0.25) is 9.59 Å².